The number of rotatable bonds is 3. The Hall–Kier alpha value is -4.07. The number of Topliss-reactive ketones (excluding diaryl/α,β-unsaturated/α-hetero) is 1. The van der Waals surface area contributed by atoms with Gasteiger partial charge in [-0.1, -0.05) is 0 Å². The average molecular weight is 448 g/mol. The molecule has 2 aliphatic rings. The highest BCUT2D eigenvalue weighted by Gasteiger charge is 2.48. The first-order valence-electron chi connectivity index (χ1n) is 10.3. The number of pyridine rings is 1. The third-order valence-electron chi connectivity index (χ3n) is 5.80. The molecule has 33 heavy (non-hydrogen) atoms. The largest absolute Gasteiger partial charge is 0.507 e. The molecule has 6 nitrogen and oxygen atoms in total. The monoisotopic (exact) mass is 448 g/mol. The van der Waals surface area contributed by atoms with E-state index in [0.29, 0.717) is 23.3 Å². The van der Waals surface area contributed by atoms with E-state index in [1.807, 2.05) is 6.92 Å². The molecule has 8 heteroatoms. The van der Waals surface area contributed by atoms with Crippen LogP contribution in [0.3, 0.4) is 0 Å². The van der Waals surface area contributed by atoms with E-state index in [4.69, 9.17) is 4.74 Å². The molecule has 2 atom stereocenters. The van der Waals surface area contributed by atoms with Crippen LogP contribution in [-0.4, -0.2) is 27.9 Å². The van der Waals surface area contributed by atoms with Crippen LogP contribution in [0.25, 0.3) is 5.76 Å². The van der Waals surface area contributed by atoms with Gasteiger partial charge < -0.3 is 9.84 Å². The summed E-state index contributed by atoms with van der Waals surface area (Å²) in [6.07, 6.45) is 3.51. The number of fused-ring (bicyclic) bond motifs is 1. The Morgan fingerprint density at radius 3 is 2.61 bits per heavy atom. The number of hydrogen-bond donors (Lipinski definition) is 1. The third kappa shape index (κ3) is 3.44. The maximum Gasteiger partial charge on any atom is 0.300 e. The average Bonchev–Trinajstić information content (AvgIpc) is 3.31. The molecule has 5 rings (SSSR count). The normalized spacial score (nSPS) is 21.2. The Bertz CT molecular complexity index is 1320. The van der Waals surface area contributed by atoms with Crippen LogP contribution in [0.2, 0.25) is 0 Å². The van der Waals surface area contributed by atoms with Crippen LogP contribution in [0.4, 0.5) is 14.5 Å². The van der Waals surface area contributed by atoms with E-state index in [1.54, 1.807) is 30.3 Å². The van der Waals surface area contributed by atoms with Gasteiger partial charge in [-0.15, -0.1) is 0 Å². The minimum absolute atomic E-state index is 0.0178. The highest BCUT2D eigenvalue weighted by Crippen LogP contribution is 2.43. The zero-order valence-electron chi connectivity index (χ0n) is 17.5. The Morgan fingerprint density at radius 1 is 1.09 bits per heavy atom. The summed E-state index contributed by atoms with van der Waals surface area (Å²) in [6.45, 7) is 1.92. The molecule has 1 aromatic heterocycles. The number of amides is 1. The van der Waals surface area contributed by atoms with Gasteiger partial charge in [0, 0.05) is 30.4 Å². The predicted octanol–water partition coefficient (Wildman–Crippen LogP) is 4.31. The van der Waals surface area contributed by atoms with Crippen LogP contribution in [0, 0.1) is 11.6 Å². The zero-order chi connectivity index (χ0) is 23.3. The van der Waals surface area contributed by atoms with E-state index in [9.17, 15) is 23.5 Å². The van der Waals surface area contributed by atoms with E-state index in [1.165, 1.54) is 12.4 Å². The first-order valence-corrected chi connectivity index (χ1v) is 10.3. The van der Waals surface area contributed by atoms with Gasteiger partial charge in [0.25, 0.3) is 11.7 Å². The molecule has 1 N–H and O–H groups in total. The lowest BCUT2D eigenvalue weighted by Crippen LogP contribution is -2.30. The molecule has 0 radical (unpaired) electrons. The molecule has 0 saturated carbocycles. The van der Waals surface area contributed by atoms with Gasteiger partial charge in [0.2, 0.25) is 0 Å². The van der Waals surface area contributed by atoms with Crippen molar-refractivity contribution in [2.45, 2.75) is 25.5 Å². The van der Waals surface area contributed by atoms with Crippen molar-refractivity contribution in [2.75, 3.05) is 4.90 Å². The molecule has 166 valence electrons. The van der Waals surface area contributed by atoms with Crippen LogP contribution in [0.15, 0.2) is 66.5 Å². The lowest BCUT2D eigenvalue weighted by Gasteiger charge is -2.25. The van der Waals surface area contributed by atoms with Gasteiger partial charge in [0.1, 0.15) is 29.2 Å². The smallest absolute Gasteiger partial charge is 0.300 e. The van der Waals surface area contributed by atoms with Gasteiger partial charge in [-0.3, -0.25) is 19.5 Å². The number of halogens is 2. The Morgan fingerprint density at radius 2 is 1.85 bits per heavy atom. The molecular weight excluding hydrogens is 430 g/mol. The molecule has 2 aromatic carbocycles. The van der Waals surface area contributed by atoms with Crippen molar-refractivity contribution in [1.29, 1.82) is 0 Å². The first-order chi connectivity index (χ1) is 15.8. The maximum atomic E-state index is 14.7. The molecule has 0 bridgehead atoms. The molecule has 1 amide bonds. The molecule has 0 spiro atoms. The van der Waals surface area contributed by atoms with Crippen LogP contribution >= 0.6 is 0 Å². The number of ketones is 1. The van der Waals surface area contributed by atoms with Crippen LogP contribution < -0.4 is 9.64 Å². The van der Waals surface area contributed by atoms with Crippen LogP contribution in [0.5, 0.6) is 5.75 Å². The molecular formula is C25H18F2N2O4. The maximum absolute atomic E-state index is 14.7. The number of aromatic nitrogens is 1. The first kappa shape index (κ1) is 20.8. The molecule has 2 unspecified atom stereocenters. The van der Waals surface area contributed by atoms with Crippen LogP contribution in [-0.2, 0) is 16.0 Å². The Labute approximate surface area is 187 Å². The fraction of sp³-hybridized carbons (Fsp3) is 0.160. The standard InChI is InChI=1S/C25H18F2N2O4/c1-13-10-16-11-15(2-5-20(16)33-13)23(30)21-22(14-6-8-28-9-7-14)29(25(32)24(21)31)19-12-17(26)3-4-18(19)27/h2-9,11-13,22,30H,10H2,1H3/b23-21-. The van der Waals surface area contributed by atoms with E-state index in [2.05, 4.69) is 4.98 Å². The second-order valence-corrected chi connectivity index (χ2v) is 8.00. The number of carbonyl (C=O) groups is 2. The predicted molar refractivity (Wildman–Crippen MR) is 116 cm³/mol. The van der Waals surface area contributed by atoms with Crippen molar-refractivity contribution >= 4 is 23.1 Å². The number of carbonyl (C=O) groups excluding carboxylic acids is 2. The second-order valence-electron chi connectivity index (χ2n) is 8.00. The number of nitrogens with zero attached hydrogens (tertiary/aromatic N) is 2. The van der Waals surface area contributed by atoms with Gasteiger partial charge in [-0.25, -0.2) is 8.78 Å². The topological polar surface area (TPSA) is 79.7 Å². The molecule has 3 aromatic rings. The Balaban J connectivity index is 1.71. The lowest BCUT2D eigenvalue weighted by atomic mass is 9.95. The number of aliphatic hydroxyl groups is 1. The van der Waals surface area contributed by atoms with E-state index >= 15 is 0 Å². The van der Waals surface area contributed by atoms with E-state index < -0.39 is 40.8 Å². The van der Waals surface area contributed by atoms with Gasteiger partial charge in [-0.2, -0.15) is 0 Å². The van der Waals surface area contributed by atoms with Crippen molar-refractivity contribution in [3.8, 4) is 5.75 Å². The van der Waals surface area contributed by atoms with Gasteiger partial charge in [0.05, 0.1) is 17.3 Å². The van der Waals surface area contributed by atoms with Crippen molar-refractivity contribution in [3.05, 3.63) is 94.8 Å². The van der Waals surface area contributed by atoms with E-state index in [-0.39, 0.29) is 11.7 Å². The summed E-state index contributed by atoms with van der Waals surface area (Å²) in [5, 5.41) is 11.2. The van der Waals surface area contributed by atoms with E-state index in [0.717, 1.165) is 28.7 Å². The van der Waals surface area contributed by atoms with Gasteiger partial charge in [0.15, 0.2) is 0 Å². The van der Waals surface area contributed by atoms with Gasteiger partial charge in [-0.05, 0) is 60.5 Å². The molecule has 0 aliphatic carbocycles. The summed E-state index contributed by atoms with van der Waals surface area (Å²) in [4.78, 5) is 31.0. The van der Waals surface area contributed by atoms with Crippen LogP contribution in [0.1, 0.15) is 29.7 Å². The molecule has 1 saturated heterocycles. The summed E-state index contributed by atoms with van der Waals surface area (Å²) < 4.78 is 34.3. The highest BCUT2D eigenvalue weighted by molar-refractivity contribution is 6.51. The molecule has 2 aliphatic heterocycles. The second kappa shape index (κ2) is 7.81. The van der Waals surface area contributed by atoms with Crippen molar-refractivity contribution < 1.29 is 28.2 Å². The summed E-state index contributed by atoms with van der Waals surface area (Å²) in [6, 6.07) is 9.56. The number of benzene rings is 2. The number of ether oxygens (including phenoxy) is 1. The van der Waals surface area contributed by atoms with Gasteiger partial charge >= 0.3 is 0 Å². The summed E-state index contributed by atoms with van der Waals surface area (Å²) >= 11 is 0. The quantitative estimate of drug-likeness (QED) is 0.367. The summed E-state index contributed by atoms with van der Waals surface area (Å²) in [5.41, 5.74) is 0.976. The van der Waals surface area contributed by atoms with Crippen molar-refractivity contribution in [3.63, 3.8) is 0 Å². The Kier molecular flexibility index (Phi) is 4.92. The van der Waals surface area contributed by atoms with Crippen molar-refractivity contribution in [1.82, 2.24) is 4.98 Å². The lowest BCUT2D eigenvalue weighted by molar-refractivity contribution is -0.132. The fourth-order valence-corrected chi connectivity index (χ4v) is 4.34. The number of aliphatic hydroxyl groups excluding tert-OH is 1. The SMILES string of the molecule is CC1Cc2cc(/C(O)=C3/C(=O)C(=O)N(c4cc(F)ccc4F)C3c3ccncc3)ccc2O1. The molecule has 3 heterocycles. The number of anilines is 1. The minimum atomic E-state index is -1.17. The van der Waals surface area contributed by atoms with Crippen molar-refractivity contribution in [2.24, 2.45) is 0 Å². The molecule has 1 fully saturated rings. The number of hydrogen-bond acceptors (Lipinski definition) is 5. The summed E-state index contributed by atoms with van der Waals surface area (Å²) in [7, 11) is 0. The fourth-order valence-electron chi connectivity index (χ4n) is 4.34. The highest BCUT2D eigenvalue weighted by atomic mass is 19.1. The minimum Gasteiger partial charge on any atom is -0.507 e. The summed E-state index contributed by atoms with van der Waals surface area (Å²) in [5.74, 6) is -3.43. The zero-order valence-corrected chi connectivity index (χ0v) is 17.5. The third-order valence-corrected chi connectivity index (χ3v) is 5.80.